The summed E-state index contributed by atoms with van der Waals surface area (Å²) in [5.74, 6) is 2.09. The number of aromatic nitrogens is 2. The summed E-state index contributed by atoms with van der Waals surface area (Å²) in [6, 6.07) is 13.9. The van der Waals surface area contributed by atoms with Crippen LogP contribution in [0.3, 0.4) is 0 Å². The van der Waals surface area contributed by atoms with E-state index in [1.54, 1.807) is 18.4 Å². The SMILES string of the molecule is COc1ccc(-c2cn3c(n2)sc2cc(C(=O)N4C[C@@H](C)C[C@H](C)C4)ccc23)cc1. The Labute approximate surface area is 179 Å². The highest BCUT2D eigenvalue weighted by atomic mass is 32.1. The van der Waals surface area contributed by atoms with Crippen LogP contribution >= 0.6 is 11.3 Å². The number of hydrogen-bond acceptors (Lipinski definition) is 4. The van der Waals surface area contributed by atoms with E-state index in [9.17, 15) is 4.79 Å². The fourth-order valence-corrected chi connectivity index (χ4v) is 5.59. The largest absolute Gasteiger partial charge is 0.497 e. The van der Waals surface area contributed by atoms with Gasteiger partial charge in [0.05, 0.1) is 23.0 Å². The summed E-state index contributed by atoms with van der Waals surface area (Å²) in [4.78, 5) is 20.8. The van der Waals surface area contributed by atoms with Crippen molar-refractivity contribution in [2.45, 2.75) is 20.3 Å². The van der Waals surface area contributed by atoms with E-state index in [0.717, 1.165) is 50.8 Å². The van der Waals surface area contributed by atoms with Crippen LogP contribution in [0.4, 0.5) is 0 Å². The van der Waals surface area contributed by atoms with Gasteiger partial charge in [0.2, 0.25) is 0 Å². The second-order valence-corrected chi connectivity index (χ2v) is 9.46. The number of methoxy groups -OCH3 is 1. The Morgan fingerprint density at radius 1 is 1.10 bits per heavy atom. The van der Waals surface area contributed by atoms with E-state index < -0.39 is 0 Å². The molecule has 30 heavy (non-hydrogen) atoms. The molecule has 0 aliphatic carbocycles. The Morgan fingerprint density at radius 3 is 2.53 bits per heavy atom. The summed E-state index contributed by atoms with van der Waals surface area (Å²) in [5.41, 5.74) is 3.84. The lowest BCUT2D eigenvalue weighted by Gasteiger charge is -2.35. The van der Waals surface area contributed by atoms with Gasteiger partial charge in [-0.1, -0.05) is 25.2 Å². The fourth-order valence-electron chi connectivity index (χ4n) is 4.55. The van der Waals surface area contributed by atoms with Crippen LogP contribution in [0.2, 0.25) is 0 Å². The third kappa shape index (κ3) is 3.35. The first-order valence-corrected chi connectivity index (χ1v) is 11.2. The van der Waals surface area contributed by atoms with Crippen LogP contribution in [-0.4, -0.2) is 40.4 Å². The molecule has 1 fully saturated rings. The van der Waals surface area contributed by atoms with Crippen molar-refractivity contribution in [3.05, 3.63) is 54.2 Å². The van der Waals surface area contributed by atoms with E-state index in [1.165, 1.54) is 6.42 Å². The Morgan fingerprint density at radius 2 is 1.83 bits per heavy atom. The standard InChI is InChI=1S/C24H25N3O2S/c1-15-10-16(2)13-26(12-15)23(28)18-6-9-21-22(11-18)30-24-25-20(14-27(21)24)17-4-7-19(29-3)8-5-17/h4-9,11,14-16H,10,12-13H2,1-3H3/t15-,16-/m0/s1. The minimum absolute atomic E-state index is 0.139. The number of amides is 1. The molecule has 0 N–H and O–H groups in total. The molecule has 2 aromatic heterocycles. The highest BCUT2D eigenvalue weighted by molar-refractivity contribution is 7.23. The van der Waals surface area contributed by atoms with Crippen LogP contribution in [0, 0.1) is 11.8 Å². The van der Waals surface area contributed by atoms with E-state index in [2.05, 4.69) is 24.4 Å². The Hall–Kier alpha value is -2.86. The molecule has 154 valence electrons. The van der Waals surface area contributed by atoms with Crippen LogP contribution in [0.15, 0.2) is 48.7 Å². The predicted octanol–water partition coefficient (Wildman–Crippen LogP) is 5.34. The second-order valence-electron chi connectivity index (χ2n) is 8.45. The molecule has 4 aromatic rings. The third-order valence-electron chi connectivity index (χ3n) is 5.88. The van der Waals surface area contributed by atoms with Crippen molar-refractivity contribution in [3.63, 3.8) is 0 Å². The van der Waals surface area contributed by atoms with Gasteiger partial charge in [0, 0.05) is 30.4 Å². The second kappa shape index (κ2) is 7.43. The van der Waals surface area contributed by atoms with Gasteiger partial charge in [0.1, 0.15) is 5.75 Å². The maximum atomic E-state index is 13.1. The Bertz CT molecular complexity index is 1210. The van der Waals surface area contributed by atoms with Crippen molar-refractivity contribution < 1.29 is 9.53 Å². The highest BCUT2D eigenvalue weighted by Gasteiger charge is 2.26. The number of likely N-dealkylation sites (tertiary alicyclic amines) is 1. The maximum absolute atomic E-state index is 13.1. The number of hydrogen-bond donors (Lipinski definition) is 0. The number of carbonyl (C=O) groups excluding carboxylic acids is 1. The van der Waals surface area contributed by atoms with Crippen molar-refractivity contribution in [2.75, 3.05) is 20.2 Å². The van der Waals surface area contributed by atoms with Gasteiger partial charge in [-0.25, -0.2) is 4.98 Å². The molecule has 0 saturated carbocycles. The lowest BCUT2D eigenvalue weighted by atomic mass is 9.91. The summed E-state index contributed by atoms with van der Waals surface area (Å²) in [5, 5.41) is 0. The minimum Gasteiger partial charge on any atom is -0.497 e. The molecular formula is C24H25N3O2S. The zero-order valence-corrected chi connectivity index (χ0v) is 18.3. The number of rotatable bonds is 3. The average Bonchev–Trinajstić information content (AvgIpc) is 3.30. The number of fused-ring (bicyclic) bond motifs is 3. The molecule has 1 amide bonds. The van der Waals surface area contributed by atoms with E-state index in [0.29, 0.717) is 11.8 Å². The number of imidazole rings is 1. The molecule has 0 unspecified atom stereocenters. The first-order chi connectivity index (χ1) is 14.5. The predicted molar refractivity (Wildman–Crippen MR) is 121 cm³/mol. The number of thiazole rings is 1. The van der Waals surface area contributed by atoms with Gasteiger partial charge in [0.25, 0.3) is 5.91 Å². The van der Waals surface area contributed by atoms with Crippen LogP contribution in [0.1, 0.15) is 30.6 Å². The van der Waals surface area contributed by atoms with Crippen molar-refractivity contribution in [1.82, 2.24) is 14.3 Å². The summed E-state index contributed by atoms with van der Waals surface area (Å²) in [6.07, 6.45) is 3.26. The van der Waals surface area contributed by atoms with Crippen molar-refractivity contribution >= 4 is 32.4 Å². The number of benzene rings is 2. The fraction of sp³-hybridized carbons (Fsp3) is 0.333. The van der Waals surface area contributed by atoms with Crippen LogP contribution in [-0.2, 0) is 0 Å². The minimum atomic E-state index is 0.139. The molecule has 2 aromatic carbocycles. The van der Waals surface area contributed by atoms with Gasteiger partial charge < -0.3 is 9.64 Å². The van der Waals surface area contributed by atoms with Gasteiger partial charge in [-0.3, -0.25) is 9.20 Å². The van der Waals surface area contributed by atoms with Gasteiger partial charge in [-0.15, -0.1) is 0 Å². The molecule has 5 nitrogen and oxygen atoms in total. The van der Waals surface area contributed by atoms with Crippen LogP contribution < -0.4 is 4.74 Å². The summed E-state index contributed by atoms with van der Waals surface area (Å²) in [7, 11) is 1.67. The molecule has 1 saturated heterocycles. The molecular weight excluding hydrogens is 394 g/mol. The quantitative estimate of drug-likeness (QED) is 0.450. The number of nitrogens with zero attached hydrogens (tertiary/aromatic N) is 3. The Kier molecular flexibility index (Phi) is 4.74. The van der Waals surface area contributed by atoms with Crippen molar-refractivity contribution in [3.8, 4) is 17.0 Å². The molecule has 2 atom stereocenters. The zero-order valence-electron chi connectivity index (χ0n) is 17.5. The molecule has 6 heteroatoms. The summed E-state index contributed by atoms with van der Waals surface area (Å²) < 4.78 is 8.43. The topological polar surface area (TPSA) is 46.8 Å². The van der Waals surface area contributed by atoms with E-state index in [1.807, 2.05) is 47.4 Å². The summed E-state index contributed by atoms with van der Waals surface area (Å²) >= 11 is 1.62. The van der Waals surface area contributed by atoms with Crippen molar-refractivity contribution in [2.24, 2.45) is 11.8 Å². The average molecular weight is 420 g/mol. The Balaban J connectivity index is 1.46. The van der Waals surface area contributed by atoms with Crippen LogP contribution in [0.5, 0.6) is 5.75 Å². The first-order valence-electron chi connectivity index (χ1n) is 10.4. The molecule has 0 bridgehead atoms. The number of carbonyl (C=O) groups is 1. The monoisotopic (exact) mass is 419 g/mol. The van der Waals surface area contributed by atoms with Gasteiger partial charge in [-0.2, -0.15) is 0 Å². The lowest BCUT2D eigenvalue weighted by Crippen LogP contribution is -2.42. The molecule has 0 radical (unpaired) electrons. The third-order valence-corrected chi connectivity index (χ3v) is 6.90. The zero-order chi connectivity index (χ0) is 20.8. The van der Waals surface area contributed by atoms with E-state index in [4.69, 9.17) is 9.72 Å². The number of ether oxygens (including phenoxy) is 1. The molecule has 3 heterocycles. The van der Waals surface area contributed by atoms with Gasteiger partial charge >= 0.3 is 0 Å². The lowest BCUT2D eigenvalue weighted by molar-refractivity contribution is 0.0623. The van der Waals surface area contributed by atoms with Crippen molar-refractivity contribution in [1.29, 1.82) is 0 Å². The number of piperidine rings is 1. The molecule has 1 aliphatic heterocycles. The smallest absolute Gasteiger partial charge is 0.253 e. The highest BCUT2D eigenvalue weighted by Crippen LogP contribution is 2.31. The molecule has 5 rings (SSSR count). The van der Waals surface area contributed by atoms with Gasteiger partial charge in [0.15, 0.2) is 4.96 Å². The maximum Gasteiger partial charge on any atom is 0.253 e. The van der Waals surface area contributed by atoms with Gasteiger partial charge in [-0.05, 0) is 60.7 Å². The molecule has 0 spiro atoms. The van der Waals surface area contributed by atoms with Crippen LogP contribution in [0.25, 0.3) is 26.4 Å². The summed E-state index contributed by atoms with van der Waals surface area (Å²) in [6.45, 7) is 6.15. The first kappa shape index (κ1) is 19.1. The normalized spacial score (nSPS) is 19.5. The van der Waals surface area contributed by atoms with E-state index >= 15 is 0 Å². The molecule has 1 aliphatic rings. The van der Waals surface area contributed by atoms with E-state index in [-0.39, 0.29) is 5.91 Å².